The summed E-state index contributed by atoms with van der Waals surface area (Å²) in [6, 6.07) is 69.1. The van der Waals surface area contributed by atoms with Crippen LogP contribution in [0.1, 0.15) is 0 Å². The maximum Gasteiger partial charge on any atom is 0.161 e. The van der Waals surface area contributed by atoms with Crippen molar-refractivity contribution in [1.82, 2.24) is 9.97 Å². The summed E-state index contributed by atoms with van der Waals surface area (Å²) in [5, 5.41) is 8.21. The van der Waals surface area contributed by atoms with Crippen molar-refractivity contribution in [2.24, 2.45) is 0 Å². The smallest absolute Gasteiger partial charge is 0.161 e. The Morgan fingerprint density at radius 2 is 1.03 bits per heavy atom. The first kappa shape index (κ1) is 32.8. The maximum absolute atomic E-state index is 6.52. The van der Waals surface area contributed by atoms with Gasteiger partial charge in [-0.15, -0.1) is 11.3 Å². The first-order chi connectivity index (χ1) is 28.7. The summed E-state index contributed by atoms with van der Waals surface area (Å²) >= 11 is 1.75. The molecule has 0 aliphatic rings. The summed E-state index contributed by atoms with van der Waals surface area (Å²) in [6.07, 6.45) is 0. The van der Waals surface area contributed by atoms with Gasteiger partial charge in [-0.25, -0.2) is 9.97 Å². The second kappa shape index (κ2) is 13.1. The second-order valence-electron chi connectivity index (χ2n) is 14.9. The zero-order chi connectivity index (χ0) is 38.2. The van der Waals surface area contributed by atoms with Gasteiger partial charge in [-0.3, -0.25) is 0 Å². The molecule has 0 amide bonds. The van der Waals surface area contributed by atoms with Gasteiger partial charge in [0.1, 0.15) is 11.2 Å². The van der Waals surface area contributed by atoms with Gasteiger partial charge in [-0.1, -0.05) is 158 Å². The number of nitrogens with zero attached hydrogens (tertiary/aromatic N) is 2. The fraction of sp³-hybridized carbons (Fsp3) is 0. The molecular formula is C54H32N2OS. The van der Waals surface area contributed by atoms with Gasteiger partial charge >= 0.3 is 0 Å². The van der Waals surface area contributed by atoms with Crippen LogP contribution in [0, 0.1) is 0 Å². The summed E-state index contributed by atoms with van der Waals surface area (Å²) in [7, 11) is 0. The molecule has 0 aliphatic carbocycles. The van der Waals surface area contributed by atoms with Crippen LogP contribution in [0.5, 0.6) is 0 Å². The minimum Gasteiger partial charge on any atom is -0.456 e. The molecule has 0 spiro atoms. The molecule has 0 saturated carbocycles. The van der Waals surface area contributed by atoms with Gasteiger partial charge in [0.25, 0.3) is 0 Å². The van der Waals surface area contributed by atoms with Gasteiger partial charge < -0.3 is 4.42 Å². The normalized spacial score (nSPS) is 11.8. The summed E-state index contributed by atoms with van der Waals surface area (Å²) in [5.74, 6) is 0.681. The highest BCUT2D eigenvalue weighted by Crippen LogP contribution is 2.43. The lowest BCUT2D eigenvalue weighted by atomic mass is 9.93. The van der Waals surface area contributed by atoms with Gasteiger partial charge in [0.15, 0.2) is 5.82 Å². The van der Waals surface area contributed by atoms with Crippen LogP contribution in [0.25, 0.3) is 120 Å². The lowest BCUT2D eigenvalue weighted by Crippen LogP contribution is -1.94. The summed E-state index contributed by atoms with van der Waals surface area (Å²) < 4.78 is 8.79. The third kappa shape index (κ3) is 5.27. The van der Waals surface area contributed by atoms with Crippen LogP contribution < -0.4 is 0 Å². The van der Waals surface area contributed by atoms with E-state index in [0.29, 0.717) is 5.82 Å². The first-order valence-electron chi connectivity index (χ1n) is 19.6. The Bertz CT molecular complexity index is 3560. The Morgan fingerprint density at radius 3 is 1.90 bits per heavy atom. The van der Waals surface area contributed by atoms with Crippen LogP contribution in [-0.2, 0) is 0 Å². The third-order valence-corrected chi connectivity index (χ3v) is 12.7. The molecule has 0 N–H and O–H groups in total. The Morgan fingerprint density at radius 1 is 0.379 bits per heavy atom. The molecule has 12 aromatic rings. The zero-order valence-electron chi connectivity index (χ0n) is 31.2. The topological polar surface area (TPSA) is 38.9 Å². The van der Waals surface area contributed by atoms with Crippen LogP contribution in [0.15, 0.2) is 199 Å². The van der Waals surface area contributed by atoms with Crippen molar-refractivity contribution in [3.05, 3.63) is 194 Å². The lowest BCUT2D eigenvalue weighted by molar-refractivity contribution is 0.669. The molecule has 12 rings (SSSR count). The molecule has 3 aromatic heterocycles. The Balaban J connectivity index is 1.03. The fourth-order valence-corrected chi connectivity index (χ4v) is 9.86. The van der Waals surface area contributed by atoms with Gasteiger partial charge in [0.05, 0.1) is 15.9 Å². The number of benzene rings is 9. The van der Waals surface area contributed by atoms with Crippen molar-refractivity contribution in [3.63, 3.8) is 0 Å². The Labute approximate surface area is 338 Å². The van der Waals surface area contributed by atoms with Crippen molar-refractivity contribution in [2.75, 3.05) is 0 Å². The number of aromatic nitrogens is 2. The molecule has 0 aliphatic heterocycles. The van der Waals surface area contributed by atoms with Crippen molar-refractivity contribution in [3.8, 4) is 56.0 Å². The van der Waals surface area contributed by atoms with Crippen molar-refractivity contribution < 1.29 is 4.42 Å². The van der Waals surface area contributed by atoms with E-state index in [9.17, 15) is 0 Å². The monoisotopic (exact) mass is 756 g/mol. The largest absolute Gasteiger partial charge is 0.456 e. The summed E-state index contributed by atoms with van der Waals surface area (Å²) in [4.78, 5) is 10.8. The number of rotatable bonds is 5. The number of thiophene rings is 1. The molecule has 270 valence electrons. The standard InChI is InChI=1S/C54H32N2OS/c1-2-12-33(13-3-1)36-15-10-16-37(30-36)38-28-29-47-46(31-38)50-44(21-11-22-48(50)57-47)54-55-51(53-52(56-54)43-20-8-9-23-49(43)58-53)35-26-24-34(25-27-35)45-32-39-14-4-5-17-40(39)41-18-6-7-19-42(41)45/h1-32H. The SMILES string of the molecule is c1ccc(-c2cccc(-c3ccc4oc5cccc(-c6nc(-c7ccc(-c8cc9ccccc9c9ccccc89)cc7)c7sc8ccccc8c7n6)c5c4c3)c2)cc1. The number of hydrogen-bond acceptors (Lipinski definition) is 4. The van der Waals surface area contributed by atoms with Crippen molar-refractivity contribution >= 4 is 75.1 Å². The highest BCUT2D eigenvalue weighted by atomic mass is 32.1. The van der Waals surface area contributed by atoms with Gasteiger partial charge in [0, 0.05) is 32.0 Å². The maximum atomic E-state index is 6.52. The molecule has 3 nitrogen and oxygen atoms in total. The summed E-state index contributed by atoms with van der Waals surface area (Å²) in [6.45, 7) is 0. The average molecular weight is 757 g/mol. The van der Waals surface area contributed by atoms with Gasteiger partial charge in [-0.2, -0.15) is 0 Å². The van der Waals surface area contributed by atoms with E-state index in [4.69, 9.17) is 14.4 Å². The van der Waals surface area contributed by atoms with E-state index in [2.05, 4.69) is 182 Å². The number of hydrogen-bond donors (Lipinski definition) is 0. The molecule has 0 atom stereocenters. The van der Waals surface area contributed by atoms with E-state index >= 15 is 0 Å². The van der Waals surface area contributed by atoms with E-state index in [1.54, 1.807) is 11.3 Å². The van der Waals surface area contributed by atoms with Crippen LogP contribution >= 0.6 is 11.3 Å². The van der Waals surface area contributed by atoms with Crippen LogP contribution in [0.4, 0.5) is 0 Å². The highest BCUT2D eigenvalue weighted by Gasteiger charge is 2.21. The quantitative estimate of drug-likeness (QED) is 0.164. The number of fused-ring (bicyclic) bond motifs is 9. The van der Waals surface area contributed by atoms with Crippen LogP contribution in [0.3, 0.4) is 0 Å². The van der Waals surface area contributed by atoms with Gasteiger partial charge in [-0.05, 0) is 91.3 Å². The van der Waals surface area contributed by atoms with Crippen LogP contribution in [-0.4, -0.2) is 9.97 Å². The molecule has 58 heavy (non-hydrogen) atoms. The highest BCUT2D eigenvalue weighted by molar-refractivity contribution is 7.26. The van der Waals surface area contributed by atoms with E-state index in [1.807, 2.05) is 12.1 Å². The number of furan rings is 1. The molecule has 0 fully saturated rings. The fourth-order valence-electron chi connectivity index (χ4n) is 8.71. The Hall–Kier alpha value is -7.40. The predicted octanol–water partition coefficient (Wildman–Crippen LogP) is 15.4. The molecule has 3 heterocycles. The molecule has 0 radical (unpaired) electrons. The van der Waals surface area contributed by atoms with Crippen LogP contribution in [0.2, 0.25) is 0 Å². The van der Waals surface area contributed by atoms with Crippen molar-refractivity contribution in [1.29, 1.82) is 0 Å². The van der Waals surface area contributed by atoms with Gasteiger partial charge in [0.2, 0.25) is 0 Å². The molecule has 9 aromatic carbocycles. The van der Waals surface area contributed by atoms with E-state index in [-0.39, 0.29) is 0 Å². The zero-order valence-corrected chi connectivity index (χ0v) is 32.0. The van der Waals surface area contributed by atoms with E-state index < -0.39 is 0 Å². The minimum absolute atomic E-state index is 0.681. The lowest BCUT2D eigenvalue weighted by Gasteiger charge is -2.12. The minimum atomic E-state index is 0.681. The molecular weight excluding hydrogens is 725 g/mol. The molecule has 0 unspecified atom stereocenters. The molecule has 0 bridgehead atoms. The van der Waals surface area contributed by atoms with E-state index in [1.165, 1.54) is 48.5 Å². The molecule has 0 saturated heterocycles. The molecule has 4 heteroatoms. The van der Waals surface area contributed by atoms with E-state index in [0.717, 1.165) is 65.5 Å². The second-order valence-corrected chi connectivity index (χ2v) is 15.9. The summed E-state index contributed by atoms with van der Waals surface area (Å²) in [5.41, 5.74) is 12.6. The third-order valence-electron chi connectivity index (χ3n) is 11.5. The predicted molar refractivity (Wildman–Crippen MR) is 244 cm³/mol. The first-order valence-corrected chi connectivity index (χ1v) is 20.4. The van der Waals surface area contributed by atoms with Crippen molar-refractivity contribution in [2.45, 2.75) is 0 Å². The Kier molecular flexibility index (Phi) is 7.40. The average Bonchev–Trinajstić information content (AvgIpc) is 3.87.